The van der Waals surface area contributed by atoms with Crippen molar-refractivity contribution in [2.24, 2.45) is 0 Å². The fourth-order valence-electron chi connectivity index (χ4n) is 1.71. The van der Waals surface area contributed by atoms with E-state index in [4.69, 9.17) is 4.52 Å². The SMILES string of the molecule is CNC(C)Cc1noc(C(C)(C)c2cccs2)n1.Cl. The number of hydrogen-bond acceptors (Lipinski definition) is 5. The molecule has 1 unspecified atom stereocenters. The molecule has 0 aromatic carbocycles. The van der Waals surface area contributed by atoms with Gasteiger partial charge in [-0.1, -0.05) is 11.2 Å². The maximum absolute atomic E-state index is 5.42. The molecule has 106 valence electrons. The molecule has 0 saturated carbocycles. The Balaban J connectivity index is 0.00000180. The molecule has 1 atom stereocenters. The summed E-state index contributed by atoms with van der Waals surface area (Å²) >= 11 is 1.71. The minimum Gasteiger partial charge on any atom is -0.338 e. The topological polar surface area (TPSA) is 51.0 Å². The quantitative estimate of drug-likeness (QED) is 0.922. The number of rotatable bonds is 5. The molecular formula is C13H20ClN3OS. The van der Waals surface area contributed by atoms with Gasteiger partial charge in [-0.3, -0.25) is 0 Å². The van der Waals surface area contributed by atoms with Gasteiger partial charge in [0.1, 0.15) is 0 Å². The molecule has 0 saturated heterocycles. The number of nitrogens with zero attached hydrogens (tertiary/aromatic N) is 2. The minimum absolute atomic E-state index is 0. The van der Waals surface area contributed by atoms with Crippen molar-refractivity contribution < 1.29 is 4.52 Å². The van der Waals surface area contributed by atoms with Crippen molar-refractivity contribution in [2.75, 3.05) is 7.05 Å². The van der Waals surface area contributed by atoms with Crippen LogP contribution in [-0.2, 0) is 11.8 Å². The Kier molecular flexibility index (Phi) is 5.52. The largest absolute Gasteiger partial charge is 0.338 e. The van der Waals surface area contributed by atoms with Gasteiger partial charge in [-0.25, -0.2) is 0 Å². The lowest BCUT2D eigenvalue weighted by atomic mass is 9.91. The summed E-state index contributed by atoms with van der Waals surface area (Å²) in [5, 5.41) is 9.30. The number of nitrogens with one attached hydrogen (secondary N) is 1. The first kappa shape index (κ1) is 16.1. The van der Waals surface area contributed by atoms with E-state index in [2.05, 4.69) is 47.7 Å². The van der Waals surface area contributed by atoms with Crippen LogP contribution in [0.3, 0.4) is 0 Å². The highest BCUT2D eigenvalue weighted by Gasteiger charge is 2.30. The lowest BCUT2D eigenvalue weighted by Gasteiger charge is -2.17. The van der Waals surface area contributed by atoms with Crippen LogP contribution in [-0.4, -0.2) is 23.2 Å². The molecule has 0 radical (unpaired) electrons. The molecule has 2 aromatic rings. The van der Waals surface area contributed by atoms with Crippen molar-refractivity contribution >= 4 is 23.7 Å². The summed E-state index contributed by atoms with van der Waals surface area (Å²) < 4.78 is 5.42. The van der Waals surface area contributed by atoms with E-state index in [0.29, 0.717) is 11.9 Å². The highest BCUT2D eigenvalue weighted by molar-refractivity contribution is 7.10. The van der Waals surface area contributed by atoms with Crippen LogP contribution in [0.5, 0.6) is 0 Å². The molecule has 6 heteroatoms. The van der Waals surface area contributed by atoms with Crippen LogP contribution in [0.1, 0.15) is 37.4 Å². The summed E-state index contributed by atoms with van der Waals surface area (Å²) in [7, 11) is 1.93. The Morgan fingerprint density at radius 2 is 2.21 bits per heavy atom. The summed E-state index contributed by atoms with van der Waals surface area (Å²) in [6.07, 6.45) is 0.778. The Hall–Kier alpha value is -0.910. The number of aromatic nitrogens is 2. The fourth-order valence-corrected chi connectivity index (χ4v) is 2.55. The van der Waals surface area contributed by atoms with Crippen molar-refractivity contribution in [1.29, 1.82) is 0 Å². The van der Waals surface area contributed by atoms with E-state index in [1.165, 1.54) is 4.88 Å². The Morgan fingerprint density at radius 3 is 2.79 bits per heavy atom. The van der Waals surface area contributed by atoms with E-state index >= 15 is 0 Å². The van der Waals surface area contributed by atoms with E-state index in [1.807, 2.05) is 13.1 Å². The third-order valence-corrected chi connectivity index (χ3v) is 4.32. The fraction of sp³-hybridized carbons (Fsp3) is 0.538. The molecule has 0 fully saturated rings. The second kappa shape index (κ2) is 6.50. The van der Waals surface area contributed by atoms with E-state index in [1.54, 1.807) is 11.3 Å². The first-order valence-electron chi connectivity index (χ1n) is 6.08. The Bertz CT molecular complexity index is 496. The molecule has 2 heterocycles. The highest BCUT2D eigenvalue weighted by Crippen LogP contribution is 2.33. The standard InChI is InChI=1S/C13H19N3OS.ClH/c1-9(14-4)8-11-15-12(17-16-11)13(2,3)10-6-5-7-18-10;/h5-7,9,14H,8H2,1-4H3;1H. The molecular weight excluding hydrogens is 282 g/mol. The monoisotopic (exact) mass is 301 g/mol. The second-order valence-corrected chi connectivity index (χ2v) is 5.96. The Morgan fingerprint density at radius 1 is 1.47 bits per heavy atom. The van der Waals surface area contributed by atoms with Gasteiger partial charge >= 0.3 is 0 Å². The lowest BCUT2D eigenvalue weighted by molar-refractivity contribution is 0.331. The van der Waals surface area contributed by atoms with Crippen LogP contribution < -0.4 is 5.32 Å². The van der Waals surface area contributed by atoms with Crippen LogP contribution in [0.25, 0.3) is 0 Å². The van der Waals surface area contributed by atoms with Crippen LogP contribution >= 0.6 is 23.7 Å². The van der Waals surface area contributed by atoms with E-state index in [-0.39, 0.29) is 17.8 Å². The minimum atomic E-state index is -0.220. The lowest BCUT2D eigenvalue weighted by Crippen LogP contribution is -2.24. The van der Waals surface area contributed by atoms with Crippen molar-refractivity contribution in [1.82, 2.24) is 15.5 Å². The second-order valence-electron chi connectivity index (χ2n) is 5.01. The van der Waals surface area contributed by atoms with Crippen molar-refractivity contribution in [3.63, 3.8) is 0 Å². The van der Waals surface area contributed by atoms with E-state index < -0.39 is 0 Å². The smallest absolute Gasteiger partial charge is 0.237 e. The van der Waals surface area contributed by atoms with Crippen LogP contribution in [0, 0.1) is 0 Å². The van der Waals surface area contributed by atoms with Crippen molar-refractivity contribution in [3.8, 4) is 0 Å². The van der Waals surface area contributed by atoms with Crippen LogP contribution in [0.2, 0.25) is 0 Å². The molecule has 19 heavy (non-hydrogen) atoms. The zero-order valence-electron chi connectivity index (χ0n) is 11.6. The average Bonchev–Trinajstić information content (AvgIpc) is 2.99. The predicted molar refractivity (Wildman–Crippen MR) is 80.2 cm³/mol. The molecule has 4 nitrogen and oxygen atoms in total. The van der Waals surface area contributed by atoms with Crippen LogP contribution in [0.4, 0.5) is 0 Å². The maximum Gasteiger partial charge on any atom is 0.237 e. The molecule has 0 bridgehead atoms. The molecule has 0 aliphatic heterocycles. The van der Waals surface area contributed by atoms with Gasteiger partial charge < -0.3 is 9.84 Å². The summed E-state index contributed by atoms with van der Waals surface area (Å²) in [4.78, 5) is 5.75. The number of likely N-dealkylation sites (N-methyl/N-ethyl adjacent to an activating group) is 1. The average molecular weight is 302 g/mol. The Labute approximate surface area is 124 Å². The molecule has 0 aliphatic carbocycles. The van der Waals surface area contributed by atoms with Gasteiger partial charge in [-0.2, -0.15) is 4.98 Å². The third-order valence-electron chi connectivity index (χ3n) is 3.12. The maximum atomic E-state index is 5.42. The van der Waals surface area contributed by atoms with E-state index in [0.717, 1.165) is 12.2 Å². The van der Waals surface area contributed by atoms with Gasteiger partial charge in [0.05, 0.1) is 5.41 Å². The van der Waals surface area contributed by atoms with Gasteiger partial charge in [0.15, 0.2) is 5.82 Å². The van der Waals surface area contributed by atoms with Gasteiger partial charge in [-0.15, -0.1) is 23.7 Å². The van der Waals surface area contributed by atoms with Gasteiger partial charge in [0, 0.05) is 17.3 Å². The number of hydrogen-bond donors (Lipinski definition) is 1. The molecule has 1 N–H and O–H groups in total. The molecule has 2 aromatic heterocycles. The summed E-state index contributed by atoms with van der Waals surface area (Å²) in [6, 6.07) is 4.49. The van der Waals surface area contributed by atoms with Gasteiger partial charge in [0.2, 0.25) is 5.89 Å². The first-order valence-corrected chi connectivity index (χ1v) is 6.96. The van der Waals surface area contributed by atoms with Crippen molar-refractivity contribution in [3.05, 3.63) is 34.1 Å². The van der Waals surface area contributed by atoms with Crippen LogP contribution in [0.15, 0.2) is 22.0 Å². The number of halogens is 1. The highest BCUT2D eigenvalue weighted by atomic mass is 35.5. The van der Waals surface area contributed by atoms with Gasteiger partial charge in [-0.05, 0) is 39.3 Å². The normalized spacial score (nSPS) is 13.1. The first-order chi connectivity index (χ1) is 8.54. The summed E-state index contributed by atoms with van der Waals surface area (Å²) in [5.74, 6) is 1.44. The summed E-state index contributed by atoms with van der Waals surface area (Å²) in [6.45, 7) is 6.32. The molecule has 0 spiro atoms. The molecule has 2 rings (SSSR count). The van der Waals surface area contributed by atoms with Gasteiger partial charge in [0.25, 0.3) is 0 Å². The third kappa shape index (κ3) is 3.55. The zero-order chi connectivity index (χ0) is 13.2. The predicted octanol–water partition coefficient (Wildman–Crippen LogP) is 3.03. The van der Waals surface area contributed by atoms with E-state index in [9.17, 15) is 0 Å². The van der Waals surface area contributed by atoms with Crippen molar-refractivity contribution in [2.45, 2.75) is 38.6 Å². The molecule has 0 amide bonds. The summed E-state index contributed by atoms with van der Waals surface area (Å²) in [5.41, 5.74) is -0.220. The zero-order valence-corrected chi connectivity index (χ0v) is 13.3. The number of thiophene rings is 1. The molecule has 0 aliphatic rings.